The number of hydrogen-bond acceptors (Lipinski definition) is 8. The Kier molecular flexibility index (Phi) is 9.13. The van der Waals surface area contributed by atoms with Crippen molar-refractivity contribution in [1.29, 1.82) is 0 Å². The van der Waals surface area contributed by atoms with Crippen LogP contribution in [-0.2, 0) is 0 Å². The smallest absolute Gasteiger partial charge is 0.339 e. The minimum atomic E-state index is -1.16. The molecule has 0 radical (unpaired) electrons. The minimum Gasteiger partial charge on any atom is -0.493 e. The lowest BCUT2D eigenvalue weighted by Gasteiger charge is -2.24. The second-order valence-electron chi connectivity index (χ2n) is 8.87. The van der Waals surface area contributed by atoms with Crippen molar-refractivity contribution in [3.05, 3.63) is 53.2 Å². The van der Waals surface area contributed by atoms with E-state index in [0.717, 1.165) is 0 Å². The van der Waals surface area contributed by atoms with Gasteiger partial charge in [-0.3, -0.25) is 9.78 Å². The highest BCUT2D eigenvalue weighted by molar-refractivity contribution is 6.06. The van der Waals surface area contributed by atoms with Gasteiger partial charge in [0.15, 0.2) is 11.5 Å². The molecule has 10 heteroatoms. The van der Waals surface area contributed by atoms with Crippen molar-refractivity contribution in [2.24, 2.45) is 5.92 Å². The third-order valence-electron chi connectivity index (χ3n) is 5.93. The Morgan fingerprint density at radius 1 is 1.11 bits per heavy atom. The van der Waals surface area contributed by atoms with Gasteiger partial charge in [0.1, 0.15) is 17.9 Å². The molecule has 5 N–H and O–H groups in total. The maximum absolute atomic E-state index is 13.0. The highest BCUT2D eigenvalue weighted by Crippen LogP contribution is 2.34. The lowest BCUT2D eigenvalue weighted by atomic mass is 10.0. The summed E-state index contributed by atoms with van der Waals surface area (Å²) in [6, 6.07) is 9.70. The van der Waals surface area contributed by atoms with Gasteiger partial charge in [0.2, 0.25) is 0 Å². The standard InChI is InChI=1S/C27H33N3O7/c1-15(2)19(30-26(32)17-9-10-20(22(13-17)35-4)36-12-6-11-31)14-37-21-8-5-7-18-24(21)25(28)23(27(33)34)16(3)29-18/h5,7-10,13,15,19,31H,6,11-12,14H2,1-4H3,(H2,28,29)(H,30,32)(H,33,34). The van der Waals surface area contributed by atoms with E-state index in [9.17, 15) is 14.7 Å². The van der Waals surface area contributed by atoms with Crippen LogP contribution in [0.3, 0.4) is 0 Å². The number of aromatic nitrogens is 1. The zero-order valence-corrected chi connectivity index (χ0v) is 21.4. The van der Waals surface area contributed by atoms with Gasteiger partial charge < -0.3 is 35.5 Å². The fraction of sp³-hybridized carbons (Fsp3) is 0.370. The number of aromatic carboxylic acids is 1. The topological polar surface area (TPSA) is 153 Å². The normalized spacial score (nSPS) is 11.8. The van der Waals surface area contributed by atoms with Gasteiger partial charge in [-0.05, 0) is 43.2 Å². The summed E-state index contributed by atoms with van der Waals surface area (Å²) in [5.74, 6) is -0.178. The van der Waals surface area contributed by atoms with Crippen LogP contribution in [-0.4, -0.2) is 60.0 Å². The number of pyridine rings is 1. The van der Waals surface area contributed by atoms with Gasteiger partial charge in [-0.2, -0.15) is 0 Å². The van der Waals surface area contributed by atoms with Crippen molar-refractivity contribution >= 4 is 28.5 Å². The number of carboxylic acid groups (broad SMARTS) is 1. The average Bonchev–Trinajstić information content (AvgIpc) is 2.85. The number of amides is 1. The Labute approximate surface area is 215 Å². The van der Waals surface area contributed by atoms with E-state index in [0.29, 0.717) is 52.4 Å². The van der Waals surface area contributed by atoms with Crippen LogP contribution in [0, 0.1) is 12.8 Å². The van der Waals surface area contributed by atoms with Crippen LogP contribution in [0.25, 0.3) is 10.9 Å². The lowest BCUT2D eigenvalue weighted by molar-refractivity contribution is 0.0696. The maximum atomic E-state index is 13.0. The molecule has 0 saturated heterocycles. The van der Waals surface area contributed by atoms with Crippen molar-refractivity contribution in [1.82, 2.24) is 10.3 Å². The molecule has 0 bridgehead atoms. The molecule has 0 aliphatic heterocycles. The molecule has 3 aromatic rings. The summed E-state index contributed by atoms with van der Waals surface area (Å²) >= 11 is 0. The fourth-order valence-corrected chi connectivity index (χ4v) is 3.84. The van der Waals surface area contributed by atoms with E-state index in [-0.39, 0.29) is 42.3 Å². The highest BCUT2D eigenvalue weighted by Gasteiger charge is 2.22. The number of nitrogens with one attached hydrogen (secondary N) is 1. The zero-order valence-electron chi connectivity index (χ0n) is 21.4. The Balaban J connectivity index is 1.79. The van der Waals surface area contributed by atoms with E-state index in [4.69, 9.17) is 25.1 Å². The number of ether oxygens (including phenoxy) is 3. The SMILES string of the molecule is COc1cc(C(=O)NC(COc2cccc3nc(C)c(C(=O)O)c(N)c23)C(C)C)ccc1OCCCO. The number of aryl methyl sites for hydroxylation is 1. The highest BCUT2D eigenvalue weighted by atomic mass is 16.5. The van der Waals surface area contributed by atoms with Crippen molar-refractivity contribution in [3.63, 3.8) is 0 Å². The maximum Gasteiger partial charge on any atom is 0.339 e. The van der Waals surface area contributed by atoms with E-state index < -0.39 is 5.97 Å². The predicted molar refractivity (Wildman–Crippen MR) is 140 cm³/mol. The summed E-state index contributed by atoms with van der Waals surface area (Å²) in [5, 5.41) is 21.9. The summed E-state index contributed by atoms with van der Waals surface area (Å²) < 4.78 is 17.0. The number of aliphatic hydroxyl groups excluding tert-OH is 1. The van der Waals surface area contributed by atoms with E-state index in [1.165, 1.54) is 7.11 Å². The number of anilines is 1. The van der Waals surface area contributed by atoms with Crippen LogP contribution in [0.1, 0.15) is 46.7 Å². The van der Waals surface area contributed by atoms with Crippen LogP contribution < -0.4 is 25.3 Å². The molecule has 2 aromatic carbocycles. The average molecular weight is 512 g/mol. The van der Waals surface area contributed by atoms with Gasteiger partial charge in [0.25, 0.3) is 5.91 Å². The first-order valence-electron chi connectivity index (χ1n) is 11.9. The number of nitrogen functional groups attached to an aromatic ring is 1. The van der Waals surface area contributed by atoms with E-state index in [1.807, 2.05) is 13.8 Å². The molecule has 1 heterocycles. The van der Waals surface area contributed by atoms with Gasteiger partial charge in [0, 0.05) is 18.6 Å². The summed E-state index contributed by atoms with van der Waals surface area (Å²) in [5.41, 5.74) is 7.48. The number of benzene rings is 2. The minimum absolute atomic E-state index is 0.0176. The summed E-state index contributed by atoms with van der Waals surface area (Å²) in [6.07, 6.45) is 0.483. The molecule has 198 valence electrons. The summed E-state index contributed by atoms with van der Waals surface area (Å²) in [6.45, 7) is 5.98. The summed E-state index contributed by atoms with van der Waals surface area (Å²) in [4.78, 5) is 29.1. The Morgan fingerprint density at radius 3 is 2.51 bits per heavy atom. The number of methoxy groups -OCH3 is 1. The van der Waals surface area contributed by atoms with E-state index >= 15 is 0 Å². The molecule has 3 rings (SSSR count). The first-order chi connectivity index (χ1) is 17.7. The number of carbonyl (C=O) groups is 2. The number of nitrogens with zero attached hydrogens (tertiary/aromatic N) is 1. The van der Waals surface area contributed by atoms with Gasteiger partial charge in [-0.25, -0.2) is 4.79 Å². The molecule has 0 aliphatic carbocycles. The monoisotopic (exact) mass is 511 g/mol. The molecule has 0 fully saturated rings. The molecule has 37 heavy (non-hydrogen) atoms. The Hall–Kier alpha value is -4.05. The van der Waals surface area contributed by atoms with Gasteiger partial charge in [0.05, 0.1) is 42.0 Å². The molecule has 0 saturated carbocycles. The number of rotatable bonds is 12. The van der Waals surface area contributed by atoms with E-state index in [2.05, 4.69) is 10.3 Å². The molecule has 1 aromatic heterocycles. The van der Waals surface area contributed by atoms with Crippen LogP contribution in [0.2, 0.25) is 0 Å². The number of nitrogens with two attached hydrogens (primary N) is 1. The number of carbonyl (C=O) groups excluding carboxylic acids is 1. The molecular weight excluding hydrogens is 478 g/mol. The third-order valence-corrected chi connectivity index (χ3v) is 5.93. The van der Waals surface area contributed by atoms with Crippen molar-refractivity contribution in [2.75, 3.05) is 32.7 Å². The zero-order chi connectivity index (χ0) is 27.1. The third kappa shape index (κ3) is 6.39. The first-order valence-corrected chi connectivity index (χ1v) is 11.9. The molecular formula is C27H33N3O7. The van der Waals surface area contributed by atoms with Crippen LogP contribution in [0.5, 0.6) is 17.2 Å². The van der Waals surface area contributed by atoms with E-state index in [1.54, 1.807) is 43.3 Å². The van der Waals surface area contributed by atoms with Crippen LogP contribution in [0.4, 0.5) is 5.69 Å². The first kappa shape index (κ1) is 27.5. The molecule has 0 aliphatic rings. The molecule has 10 nitrogen and oxygen atoms in total. The number of carboxylic acids is 1. The Morgan fingerprint density at radius 2 is 1.86 bits per heavy atom. The Bertz CT molecular complexity index is 1280. The van der Waals surface area contributed by atoms with Gasteiger partial charge >= 0.3 is 5.97 Å². The molecule has 1 amide bonds. The van der Waals surface area contributed by atoms with Crippen molar-refractivity contribution in [2.45, 2.75) is 33.2 Å². The van der Waals surface area contributed by atoms with Crippen molar-refractivity contribution in [3.8, 4) is 17.2 Å². The number of fused-ring (bicyclic) bond motifs is 1. The summed E-state index contributed by atoms with van der Waals surface area (Å²) in [7, 11) is 1.49. The lowest BCUT2D eigenvalue weighted by Crippen LogP contribution is -2.42. The quantitative estimate of drug-likeness (QED) is 0.268. The van der Waals surface area contributed by atoms with Crippen molar-refractivity contribution < 1.29 is 34.0 Å². The molecule has 1 unspecified atom stereocenters. The van der Waals surface area contributed by atoms with Crippen LogP contribution in [0.15, 0.2) is 36.4 Å². The fourth-order valence-electron chi connectivity index (χ4n) is 3.84. The second kappa shape index (κ2) is 12.3. The van der Waals surface area contributed by atoms with Crippen LogP contribution >= 0.6 is 0 Å². The number of hydrogen-bond donors (Lipinski definition) is 4. The predicted octanol–water partition coefficient (Wildman–Crippen LogP) is 3.43. The van der Waals surface area contributed by atoms with Gasteiger partial charge in [-0.15, -0.1) is 0 Å². The second-order valence-corrected chi connectivity index (χ2v) is 8.87. The molecule has 1 atom stereocenters. The number of aliphatic hydroxyl groups is 1. The molecule has 0 spiro atoms. The largest absolute Gasteiger partial charge is 0.493 e. The van der Waals surface area contributed by atoms with Gasteiger partial charge in [-0.1, -0.05) is 19.9 Å².